The zero-order valence-corrected chi connectivity index (χ0v) is 9.42. The Morgan fingerprint density at radius 1 is 1.14 bits per heavy atom. The van der Waals surface area contributed by atoms with Gasteiger partial charge in [-0.05, 0) is 20.8 Å². The van der Waals surface area contributed by atoms with Crippen LogP contribution in [0.5, 0.6) is 0 Å². The first-order valence-electron chi connectivity index (χ1n) is 4.38. The van der Waals surface area contributed by atoms with Crippen LogP contribution in [0.15, 0.2) is 12.7 Å². The summed E-state index contributed by atoms with van der Waals surface area (Å²) >= 11 is 0. The van der Waals surface area contributed by atoms with Crippen LogP contribution < -0.4 is 0 Å². The molecule has 14 heavy (non-hydrogen) atoms. The van der Waals surface area contributed by atoms with E-state index in [0.29, 0.717) is 0 Å². The van der Waals surface area contributed by atoms with Gasteiger partial charge in [-0.3, -0.25) is 0 Å². The highest BCUT2D eigenvalue weighted by atomic mass is 17.2. The van der Waals surface area contributed by atoms with Gasteiger partial charge < -0.3 is 4.74 Å². The van der Waals surface area contributed by atoms with E-state index in [1.54, 1.807) is 13.8 Å². The number of esters is 1. The fraction of sp³-hybridized carbons (Fsp3) is 0.700. The van der Waals surface area contributed by atoms with Crippen molar-refractivity contribution in [3.8, 4) is 0 Å². The van der Waals surface area contributed by atoms with Crippen molar-refractivity contribution in [1.29, 1.82) is 0 Å². The molecule has 0 bridgehead atoms. The van der Waals surface area contributed by atoms with Crippen LogP contribution in [0.25, 0.3) is 0 Å². The van der Waals surface area contributed by atoms with Crippen molar-refractivity contribution in [2.75, 3.05) is 0 Å². The smallest absolute Gasteiger partial charge is 0.332 e. The molecule has 4 heteroatoms. The lowest BCUT2D eigenvalue weighted by molar-refractivity contribution is -0.440. The van der Waals surface area contributed by atoms with Gasteiger partial charge in [0.05, 0.1) is 5.60 Å². The average molecular weight is 202 g/mol. The molecule has 0 atom stereocenters. The van der Waals surface area contributed by atoms with Crippen LogP contribution >= 0.6 is 0 Å². The van der Waals surface area contributed by atoms with Crippen molar-refractivity contribution < 1.29 is 19.3 Å². The molecule has 0 fully saturated rings. The third-order valence-corrected chi connectivity index (χ3v) is 1.01. The Morgan fingerprint density at radius 3 is 2.00 bits per heavy atom. The van der Waals surface area contributed by atoms with E-state index < -0.39 is 17.4 Å². The first-order valence-corrected chi connectivity index (χ1v) is 4.38. The minimum Gasteiger partial charge on any atom is -0.428 e. The van der Waals surface area contributed by atoms with Crippen LogP contribution in [0.4, 0.5) is 0 Å². The fourth-order valence-electron chi connectivity index (χ4n) is 0.526. The van der Waals surface area contributed by atoms with E-state index in [1.165, 1.54) is 0 Å². The standard InChI is InChI=1S/C10H18O4/c1-7-8(11)12-10(5,6)14-13-9(2,3)4/h7H,1H2,2-6H3. The summed E-state index contributed by atoms with van der Waals surface area (Å²) in [6, 6.07) is 0. The summed E-state index contributed by atoms with van der Waals surface area (Å²) in [5, 5.41) is 0. The van der Waals surface area contributed by atoms with Crippen LogP contribution in [0.1, 0.15) is 34.6 Å². The van der Waals surface area contributed by atoms with Gasteiger partial charge in [-0.25, -0.2) is 9.68 Å². The van der Waals surface area contributed by atoms with Crippen molar-refractivity contribution in [3.05, 3.63) is 12.7 Å². The Balaban J connectivity index is 4.07. The van der Waals surface area contributed by atoms with E-state index in [0.717, 1.165) is 6.08 Å². The van der Waals surface area contributed by atoms with Gasteiger partial charge in [0.1, 0.15) is 0 Å². The quantitative estimate of drug-likeness (QED) is 0.230. The Labute approximate surface area is 84.8 Å². The molecular weight excluding hydrogens is 184 g/mol. The highest BCUT2D eigenvalue weighted by Crippen LogP contribution is 2.17. The van der Waals surface area contributed by atoms with Gasteiger partial charge in [-0.1, -0.05) is 6.58 Å². The molecule has 0 aromatic heterocycles. The van der Waals surface area contributed by atoms with Gasteiger partial charge in [0.15, 0.2) is 0 Å². The maximum Gasteiger partial charge on any atom is 0.332 e. The van der Waals surface area contributed by atoms with Crippen LogP contribution in [-0.4, -0.2) is 17.4 Å². The zero-order valence-electron chi connectivity index (χ0n) is 9.42. The van der Waals surface area contributed by atoms with E-state index in [2.05, 4.69) is 6.58 Å². The molecule has 0 unspecified atom stereocenters. The minimum atomic E-state index is -1.11. The molecule has 0 aromatic rings. The molecule has 0 aliphatic carbocycles. The van der Waals surface area contributed by atoms with Crippen LogP contribution in [-0.2, 0) is 19.3 Å². The number of carbonyl (C=O) groups is 1. The van der Waals surface area contributed by atoms with Gasteiger partial charge >= 0.3 is 5.97 Å². The number of carbonyl (C=O) groups excluding carboxylic acids is 1. The molecule has 0 aromatic carbocycles. The van der Waals surface area contributed by atoms with Gasteiger partial charge in [0.2, 0.25) is 5.79 Å². The first kappa shape index (κ1) is 13.1. The molecule has 0 N–H and O–H groups in total. The highest BCUT2D eigenvalue weighted by Gasteiger charge is 2.26. The molecule has 0 radical (unpaired) electrons. The third kappa shape index (κ3) is 6.62. The molecule has 0 saturated heterocycles. The van der Waals surface area contributed by atoms with E-state index in [9.17, 15) is 4.79 Å². The second-order valence-corrected chi connectivity index (χ2v) is 4.30. The molecule has 0 aliphatic heterocycles. The van der Waals surface area contributed by atoms with E-state index in [-0.39, 0.29) is 0 Å². The maximum atomic E-state index is 10.9. The number of hydrogen-bond acceptors (Lipinski definition) is 4. The summed E-state index contributed by atoms with van der Waals surface area (Å²) in [6.07, 6.45) is 1.07. The molecule has 4 nitrogen and oxygen atoms in total. The van der Waals surface area contributed by atoms with Crippen LogP contribution in [0.2, 0.25) is 0 Å². The predicted octanol–water partition coefficient (Wildman–Crippen LogP) is 2.20. The number of rotatable bonds is 4. The maximum absolute atomic E-state index is 10.9. The summed E-state index contributed by atoms with van der Waals surface area (Å²) in [6.45, 7) is 11.9. The fourth-order valence-corrected chi connectivity index (χ4v) is 0.526. The lowest BCUT2D eigenvalue weighted by atomic mass is 10.2. The summed E-state index contributed by atoms with van der Waals surface area (Å²) in [7, 11) is 0. The molecule has 0 saturated carbocycles. The summed E-state index contributed by atoms with van der Waals surface area (Å²) < 4.78 is 4.88. The predicted molar refractivity (Wildman–Crippen MR) is 52.3 cm³/mol. The summed E-state index contributed by atoms with van der Waals surface area (Å²) in [5.74, 6) is -1.66. The Hall–Kier alpha value is -0.870. The molecule has 0 amide bonds. The van der Waals surface area contributed by atoms with Crippen molar-refractivity contribution in [2.45, 2.75) is 46.0 Å². The lowest BCUT2D eigenvalue weighted by Gasteiger charge is -2.27. The minimum absolute atomic E-state index is 0.447. The molecule has 82 valence electrons. The second-order valence-electron chi connectivity index (χ2n) is 4.30. The molecule has 0 rings (SSSR count). The summed E-state index contributed by atoms with van der Waals surface area (Å²) in [4.78, 5) is 20.9. The van der Waals surface area contributed by atoms with E-state index in [1.807, 2.05) is 20.8 Å². The van der Waals surface area contributed by atoms with Crippen molar-refractivity contribution in [2.24, 2.45) is 0 Å². The molecular formula is C10H18O4. The van der Waals surface area contributed by atoms with Gasteiger partial charge in [0.25, 0.3) is 0 Å². The van der Waals surface area contributed by atoms with Gasteiger partial charge in [0, 0.05) is 19.9 Å². The largest absolute Gasteiger partial charge is 0.428 e. The Bertz CT molecular complexity index is 213. The van der Waals surface area contributed by atoms with E-state index in [4.69, 9.17) is 14.5 Å². The third-order valence-electron chi connectivity index (χ3n) is 1.01. The van der Waals surface area contributed by atoms with Crippen molar-refractivity contribution >= 4 is 5.97 Å². The Morgan fingerprint density at radius 2 is 1.64 bits per heavy atom. The SMILES string of the molecule is C=CC(=O)OC(C)(C)OOC(C)(C)C. The van der Waals surface area contributed by atoms with Crippen LogP contribution in [0, 0.1) is 0 Å². The molecule has 0 heterocycles. The second kappa shape index (κ2) is 4.57. The highest BCUT2D eigenvalue weighted by molar-refractivity contribution is 5.81. The summed E-state index contributed by atoms with van der Waals surface area (Å²) in [5.41, 5.74) is -0.447. The van der Waals surface area contributed by atoms with Crippen molar-refractivity contribution in [1.82, 2.24) is 0 Å². The molecule has 0 aliphatic rings. The van der Waals surface area contributed by atoms with Crippen LogP contribution in [0.3, 0.4) is 0 Å². The topological polar surface area (TPSA) is 44.8 Å². The normalized spacial score (nSPS) is 12.4. The first-order chi connectivity index (χ1) is 6.16. The molecule has 0 spiro atoms. The number of hydrogen-bond donors (Lipinski definition) is 0. The van der Waals surface area contributed by atoms with Gasteiger partial charge in [-0.15, -0.1) is 0 Å². The average Bonchev–Trinajstić information content (AvgIpc) is 1.99. The van der Waals surface area contributed by atoms with Crippen molar-refractivity contribution in [3.63, 3.8) is 0 Å². The zero-order chi connectivity index (χ0) is 11.4. The van der Waals surface area contributed by atoms with E-state index >= 15 is 0 Å². The number of ether oxygens (including phenoxy) is 1. The van der Waals surface area contributed by atoms with Gasteiger partial charge in [-0.2, -0.15) is 4.89 Å². The Kier molecular flexibility index (Phi) is 4.29. The lowest BCUT2D eigenvalue weighted by Crippen LogP contribution is -2.34. The monoisotopic (exact) mass is 202 g/mol.